The zero-order valence-electron chi connectivity index (χ0n) is 3.57. The summed E-state index contributed by atoms with van der Waals surface area (Å²) in [5.41, 5.74) is 4.77. The fourth-order valence-electron chi connectivity index (χ4n) is 0.0667. The number of hydrogen-bond donors (Lipinski definition) is 3. The van der Waals surface area contributed by atoms with E-state index in [0.29, 0.717) is 0 Å². The van der Waals surface area contributed by atoms with Crippen molar-refractivity contribution < 1.29 is 13.5 Å². The highest BCUT2D eigenvalue weighted by Gasteiger charge is 1.98. The monoisotopic (exact) mass is 125 g/mol. The lowest BCUT2D eigenvalue weighted by Crippen LogP contribution is -2.25. The summed E-state index contributed by atoms with van der Waals surface area (Å²) in [5.74, 6) is 0. The summed E-state index contributed by atoms with van der Waals surface area (Å²) in [6.07, 6.45) is 0. The van der Waals surface area contributed by atoms with Gasteiger partial charge in [0.2, 0.25) is 0 Å². The molecule has 0 aromatic rings. The molecule has 5 heteroatoms. The molecule has 0 aliphatic heterocycles. The highest BCUT2D eigenvalue weighted by molar-refractivity contribution is 7.73. The van der Waals surface area contributed by atoms with Crippen molar-refractivity contribution in [2.24, 2.45) is 5.73 Å². The maximum Gasteiger partial charge on any atom is 0.158 e. The van der Waals surface area contributed by atoms with Crippen LogP contribution in [0.2, 0.25) is 0 Å². The molecule has 0 aromatic carbocycles. The van der Waals surface area contributed by atoms with Crippen LogP contribution in [0.15, 0.2) is 0 Å². The molecule has 0 fully saturated rings. The second-order valence-corrected chi connectivity index (χ2v) is 2.27. The van der Waals surface area contributed by atoms with Gasteiger partial charge < -0.3 is 10.8 Å². The van der Waals surface area contributed by atoms with E-state index in [1.165, 1.54) is 0 Å². The summed E-state index contributed by atoms with van der Waals surface area (Å²) in [7, 11) is -2.63. The smallest absolute Gasteiger partial charge is 0.158 e. The summed E-state index contributed by atoms with van der Waals surface area (Å²) < 4.78 is 19.4. The van der Waals surface area contributed by atoms with E-state index < -0.39 is 22.7 Å². The molecule has 0 saturated carbocycles. The summed E-state index contributed by atoms with van der Waals surface area (Å²) in [6.45, 7) is -0.501. The van der Waals surface area contributed by atoms with Gasteiger partial charge in [0.1, 0.15) is 5.37 Å². The van der Waals surface area contributed by atoms with Crippen LogP contribution < -0.4 is 5.73 Å². The van der Waals surface area contributed by atoms with Crippen LogP contribution in [0.5, 0.6) is 0 Å². The van der Waals surface area contributed by atoms with Gasteiger partial charge in [-0.3, -0.25) is 0 Å². The summed E-state index contributed by atoms with van der Waals surface area (Å²) in [6, 6.07) is 0. The fraction of sp³-hybridized carbons (Fsp3) is 1.00. The molecule has 3 N–H and O–H groups in total. The largest absolute Gasteiger partial charge is 0.394 e. The molecule has 0 amide bonds. The standard InChI is InChI=1S/C2H7NO3S/c3-2(1-4)7(5)6/h2,4,7H,1,3H2. The Morgan fingerprint density at radius 1 is 1.71 bits per heavy atom. The van der Waals surface area contributed by atoms with Crippen LogP contribution in [-0.4, -0.2) is 25.5 Å². The molecule has 0 aliphatic rings. The van der Waals surface area contributed by atoms with Gasteiger partial charge in [0, 0.05) is 0 Å². The number of nitrogens with two attached hydrogens (primary N) is 1. The minimum Gasteiger partial charge on any atom is -0.394 e. The quantitative estimate of drug-likeness (QED) is 0.368. The van der Waals surface area contributed by atoms with Gasteiger partial charge in [-0.05, 0) is 0 Å². The first kappa shape index (κ1) is 6.87. The van der Waals surface area contributed by atoms with E-state index in [-0.39, 0.29) is 0 Å². The highest BCUT2D eigenvalue weighted by Crippen LogP contribution is 1.70. The highest BCUT2D eigenvalue weighted by atomic mass is 32.2. The molecule has 0 rings (SSSR count). The normalized spacial score (nSPS) is 14.7. The van der Waals surface area contributed by atoms with Gasteiger partial charge in [-0.25, -0.2) is 8.42 Å². The van der Waals surface area contributed by atoms with Crippen LogP contribution in [0.1, 0.15) is 0 Å². The van der Waals surface area contributed by atoms with Crippen LogP contribution in [0.3, 0.4) is 0 Å². The molecule has 1 atom stereocenters. The Morgan fingerprint density at radius 2 is 2.14 bits per heavy atom. The molecule has 0 spiro atoms. The van der Waals surface area contributed by atoms with E-state index in [9.17, 15) is 8.42 Å². The van der Waals surface area contributed by atoms with Gasteiger partial charge in [0.15, 0.2) is 10.7 Å². The van der Waals surface area contributed by atoms with E-state index in [1.807, 2.05) is 0 Å². The first-order valence-corrected chi connectivity index (χ1v) is 2.93. The maximum absolute atomic E-state index is 9.68. The minimum absolute atomic E-state index is 0.501. The van der Waals surface area contributed by atoms with Crippen molar-refractivity contribution in [3.63, 3.8) is 0 Å². The summed E-state index contributed by atoms with van der Waals surface area (Å²) >= 11 is 0. The predicted molar refractivity (Wildman–Crippen MR) is 25.4 cm³/mol. The molecule has 0 bridgehead atoms. The second kappa shape index (κ2) is 2.95. The third-order valence-corrected chi connectivity index (χ3v) is 1.16. The molecule has 0 radical (unpaired) electrons. The Labute approximate surface area is 42.9 Å². The number of rotatable bonds is 2. The van der Waals surface area contributed by atoms with E-state index >= 15 is 0 Å². The molecule has 0 aliphatic carbocycles. The topological polar surface area (TPSA) is 80.4 Å². The predicted octanol–water partition coefficient (Wildman–Crippen LogP) is -2.13. The average molecular weight is 125 g/mol. The Bertz CT molecular complexity index is 102. The first-order valence-electron chi connectivity index (χ1n) is 1.68. The molecule has 0 heterocycles. The Hall–Kier alpha value is -0.130. The van der Waals surface area contributed by atoms with Crippen molar-refractivity contribution in [1.29, 1.82) is 0 Å². The third kappa shape index (κ3) is 2.55. The SMILES string of the molecule is NC(CO)[SH](=O)=O. The van der Waals surface area contributed by atoms with Crippen LogP contribution in [0.25, 0.3) is 0 Å². The van der Waals surface area contributed by atoms with Gasteiger partial charge in [-0.2, -0.15) is 0 Å². The van der Waals surface area contributed by atoms with E-state index in [0.717, 1.165) is 0 Å². The number of aliphatic hydroxyl groups is 1. The van der Waals surface area contributed by atoms with Crippen molar-refractivity contribution in [3.05, 3.63) is 0 Å². The Morgan fingerprint density at radius 3 is 2.14 bits per heavy atom. The molecule has 4 nitrogen and oxygen atoms in total. The lowest BCUT2D eigenvalue weighted by molar-refractivity contribution is 0.293. The van der Waals surface area contributed by atoms with Gasteiger partial charge in [-0.1, -0.05) is 0 Å². The van der Waals surface area contributed by atoms with E-state index in [2.05, 4.69) is 0 Å². The minimum atomic E-state index is -2.63. The third-order valence-electron chi connectivity index (χ3n) is 0.458. The van der Waals surface area contributed by atoms with Gasteiger partial charge in [0.25, 0.3) is 0 Å². The second-order valence-electron chi connectivity index (χ2n) is 1.04. The lowest BCUT2D eigenvalue weighted by Gasteiger charge is -1.92. The molecule has 0 aromatic heterocycles. The van der Waals surface area contributed by atoms with Crippen molar-refractivity contribution in [2.75, 3.05) is 6.61 Å². The van der Waals surface area contributed by atoms with Crippen LogP contribution in [-0.2, 0) is 10.7 Å². The summed E-state index contributed by atoms with van der Waals surface area (Å²) in [5, 5.41) is 6.91. The zero-order chi connectivity index (χ0) is 5.86. The van der Waals surface area contributed by atoms with E-state index in [4.69, 9.17) is 10.8 Å². The van der Waals surface area contributed by atoms with Gasteiger partial charge in [-0.15, -0.1) is 0 Å². The van der Waals surface area contributed by atoms with Gasteiger partial charge in [0.05, 0.1) is 6.61 Å². The van der Waals surface area contributed by atoms with Gasteiger partial charge >= 0.3 is 0 Å². The van der Waals surface area contributed by atoms with Crippen LogP contribution >= 0.6 is 0 Å². The Balaban J connectivity index is 3.57. The van der Waals surface area contributed by atoms with Crippen molar-refractivity contribution in [2.45, 2.75) is 5.37 Å². The molecule has 44 valence electrons. The van der Waals surface area contributed by atoms with E-state index in [1.54, 1.807) is 0 Å². The Kier molecular flexibility index (Phi) is 2.89. The molecule has 1 unspecified atom stereocenters. The number of thiol groups is 1. The zero-order valence-corrected chi connectivity index (χ0v) is 4.47. The number of hydrogen-bond acceptors (Lipinski definition) is 4. The maximum atomic E-state index is 9.68. The van der Waals surface area contributed by atoms with Crippen molar-refractivity contribution in [3.8, 4) is 0 Å². The fourth-order valence-corrected chi connectivity index (χ4v) is 0.200. The molecular weight excluding hydrogens is 118 g/mol. The van der Waals surface area contributed by atoms with Crippen molar-refractivity contribution >= 4 is 10.7 Å². The first-order chi connectivity index (χ1) is 3.18. The molecular formula is C2H7NO3S. The number of aliphatic hydroxyl groups excluding tert-OH is 1. The van der Waals surface area contributed by atoms with Crippen LogP contribution in [0.4, 0.5) is 0 Å². The average Bonchev–Trinajstić information content (AvgIpc) is 1.65. The lowest BCUT2D eigenvalue weighted by atomic mass is 10.7. The molecule has 7 heavy (non-hydrogen) atoms. The van der Waals surface area contributed by atoms with Crippen LogP contribution in [0, 0.1) is 0 Å². The van der Waals surface area contributed by atoms with Crippen molar-refractivity contribution in [1.82, 2.24) is 0 Å². The summed E-state index contributed by atoms with van der Waals surface area (Å²) in [4.78, 5) is 0. The molecule has 0 saturated heterocycles.